The molecule has 0 fully saturated rings. The molecule has 0 saturated heterocycles. The number of hydrogen-bond donors (Lipinski definition) is 1. The van der Waals surface area contributed by atoms with Crippen LogP contribution in [0.15, 0.2) is 5.51 Å². The third-order valence-electron chi connectivity index (χ3n) is 2.55. The molecule has 1 unspecified atom stereocenters. The monoisotopic (exact) mass is 256 g/mol. The lowest BCUT2D eigenvalue weighted by Crippen LogP contribution is -2.38. The first-order valence-electron chi connectivity index (χ1n) is 5.74. The van der Waals surface area contributed by atoms with Crippen LogP contribution in [0.3, 0.4) is 0 Å². The summed E-state index contributed by atoms with van der Waals surface area (Å²) in [6.07, 6.45) is 0.782. The van der Waals surface area contributed by atoms with Crippen molar-refractivity contribution < 1.29 is 9.53 Å². The van der Waals surface area contributed by atoms with Gasteiger partial charge in [0.1, 0.15) is 6.04 Å². The first-order chi connectivity index (χ1) is 8.04. The van der Waals surface area contributed by atoms with E-state index in [-0.39, 0.29) is 12.0 Å². The van der Waals surface area contributed by atoms with Crippen molar-refractivity contribution in [3.8, 4) is 0 Å². The van der Waals surface area contributed by atoms with Gasteiger partial charge in [-0.2, -0.15) is 0 Å². The molecule has 0 bridgehead atoms. The Bertz CT molecular complexity index is 363. The molecular formula is C12H20N2O2S. The highest BCUT2D eigenvalue weighted by atomic mass is 32.1. The molecule has 0 spiro atoms. The number of ether oxygens (including phenoxy) is 1. The summed E-state index contributed by atoms with van der Waals surface area (Å²) in [4.78, 5) is 16.9. The summed E-state index contributed by atoms with van der Waals surface area (Å²) >= 11 is 1.60. The van der Waals surface area contributed by atoms with Gasteiger partial charge in [-0.05, 0) is 19.3 Å². The molecule has 0 aliphatic rings. The fraction of sp³-hybridized carbons (Fsp3) is 0.667. The molecule has 17 heavy (non-hydrogen) atoms. The molecule has 1 N–H and O–H groups in total. The van der Waals surface area contributed by atoms with E-state index in [1.807, 2.05) is 12.4 Å². The van der Waals surface area contributed by atoms with E-state index in [9.17, 15) is 4.79 Å². The summed E-state index contributed by atoms with van der Waals surface area (Å²) < 4.78 is 4.80. The van der Waals surface area contributed by atoms with Crippen LogP contribution >= 0.6 is 11.3 Å². The van der Waals surface area contributed by atoms with E-state index < -0.39 is 0 Å². The van der Waals surface area contributed by atoms with Gasteiger partial charge >= 0.3 is 5.97 Å². The van der Waals surface area contributed by atoms with E-state index in [1.54, 1.807) is 11.3 Å². The molecule has 1 rings (SSSR count). The van der Waals surface area contributed by atoms with Crippen LogP contribution in [0.4, 0.5) is 0 Å². The van der Waals surface area contributed by atoms with Gasteiger partial charge in [-0.15, -0.1) is 11.3 Å². The first-order valence-corrected chi connectivity index (χ1v) is 6.62. The number of carbonyl (C=O) groups excluding carboxylic acids is 1. The number of methoxy groups -OCH3 is 1. The van der Waals surface area contributed by atoms with Crippen LogP contribution in [0.1, 0.15) is 30.8 Å². The van der Waals surface area contributed by atoms with Crippen molar-refractivity contribution in [1.29, 1.82) is 0 Å². The molecule has 5 heteroatoms. The Balaban J connectivity index is 2.55. The van der Waals surface area contributed by atoms with E-state index >= 15 is 0 Å². The van der Waals surface area contributed by atoms with Crippen LogP contribution in [0, 0.1) is 12.8 Å². The fourth-order valence-electron chi connectivity index (χ4n) is 1.59. The number of carbonyl (C=O) groups is 1. The Hall–Kier alpha value is -0.940. The summed E-state index contributed by atoms with van der Waals surface area (Å²) in [5.74, 6) is 0.259. The molecule has 0 aliphatic heterocycles. The van der Waals surface area contributed by atoms with Crippen LogP contribution < -0.4 is 5.32 Å². The summed E-state index contributed by atoms with van der Waals surface area (Å²) in [7, 11) is 1.43. The van der Waals surface area contributed by atoms with Crippen molar-refractivity contribution in [1.82, 2.24) is 10.3 Å². The minimum Gasteiger partial charge on any atom is -0.468 e. The Kier molecular flexibility index (Phi) is 5.58. The summed E-state index contributed by atoms with van der Waals surface area (Å²) in [6, 6.07) is -0.235. The van der Waals surface area contributed by atoms with Crippen molar-refractivity contribution in [3.05, 3.63) is 16.1 Å². The number of aryl methyl sites for hydroxylation is 1. The van der Waals surface area contributed by atoms with Crippen molar-refractivity contribution in [2.45, 2.75) is 39.8 Å². The Morgan fingerprint density at radius 2 is 2.29 bits per heavy atom. The number of thiazole rings is 1. The Morgan fingerprint density at radius 1 is 1.59 bits per heavy atom. The molecule has 0 saturated carbocycles. The molecule has 4 nitrogen and oxygen atoms in total. The molecule has 1 aromatic heterocycles. The van der Waals surface area contributed by atoms with Crippen LogP contribution in [-0.4, -0.2) is 24.1 Å². The molecular weight excluding hydrogens is 236 g/mol. The van der Waals surface area contributed by atoms with E-state index in [0.717, 1.165) is 12.1 Å². The van der Waals surface area contributed by atoms with Crippen molar-refractivity contribution in [3.63, 3.8) is 0 Å². The highest BCUT2D eigenvalue weighted by Crippen LogP contribution is 2.13. The van der Waals surface area contributed by atoms with Crippen LogP contribution in [-0.2, 0) is 16.1 Å². The van der Waals surface area contributed by atoms with Crippen LogP contribution in [0.25, 0.3) is 0 Å². The fourth-order valence-corrected chi connectivity index (χ4v) is 2.32. The average molecular weight is 256 g/mol. The molecule has 0 aliphatic carbocycles. The highest BCUT2D eigenvalue weighted by molar-refractivity contribution is 7.09. The van der Waals surface area contributed by atoms with Gasteiger partial charge in [0, 0.05) is 11.4 Å². The van der Waals surface area contributed by atoms with E-state index in [0.29, 0.717) is 12.5 Å². The van der Waals surface area contributed by atoms with Gasteiger partial charge in [-0.1, -0.05) is 13.8 Å². The zero-order chi connectivity index (χ0) is 12.8. The summed E-state index contributed by atoms with van der Waals surface area (Å²) in [5, 5.41) is 3.24. The van der Waals surface area contributed by atoms with E-state index in [2.05, 4.69) is 24.1 Å². The lowest BCUT2D eigenvalue weighted by Gasteiger charge is -2.17. The lowest BCUT2D eigenvalue weighted by atomic mass is 10.0. The molecule has 0 radical (unpaired) electrons. The molecule has 0 amide bonds. The number of nitrogens with one attached hydrogen (secondary N) is 1. The number of rotatable bonds is 6. The maximum Gasteiger partial charge on any atom is 0.322 e. The second-order valence-corrected chi connectivity index (χ2v) is 5.39. The molecule has 96 valence electrons. The third-order valence-corrected chi connectivity index (χ3v) is 3.48. The van der Waals surface area contributed by atoms with Crippen LogP contribution in [0.2, 0.25) is 0 Å². The number of esters is 1. The number of nitrogens with zero attached hydrogens (tertiary/aromatic N) is 1. The smallest absolute Gasteiger partial charge is 0.322 e. The van der Waals surface area contributed by atoms with E-state index in [4.69, 9.17) is 4.74 Å². The number of hydrogen-bond acceptors (Lipinski definition) is 5. The Morgan fingerprint density at radius 3 is 2.76 bits per heavy atom. The predicted octanol–water partition coefficient (Wildman–Crippen LogP) is 2.13. The lowest BCUT2D eigenvalue weighted by molar-refractivity contribution is -0.143. The summed E-state index contributed by atoms with van der Waals surface area (Å²) in [5.41, 5.74) is 2.85. The van der Waals surface area contributed by atoms with Crippen molar-refractivity contribution >= 4 is 17.3 Å². The van der Waals surface area contributed by atoms with Gasteiger partial charge in [0.25, 0.3) is 0 Å². The predicted molar refractivity (Wildman–Crippen MR) is 68.9 cm³/mol. The molecule has 1 heterocycles. The SMILES string of the molecule is COC(=O)C(CC(C)C)NCc1scnc1C. The largest absolute Gasteiger partial charge is 0.468 e. The van der Waals surface area contributed by atoms with Gasteiger partial charge in [0.2, 0.25) is 0 Å². The zero-order valence-corrected chi connectivity index (χ0v) is 11.6. The zero-order valence-electron chi connectivity index (χ0n) is 10.8. The molecule has 1 atom stereocenters. The topological polar surface area (TPSA) is 51.2 Å². The average Bonchev–Trinajstić information content (AvgIpc) is 2.68. The second kappa shape index (κ2) is 6.71. The van der Waals surface area contributed by atoms with Gasteiger partial charge in [-0.25, -0.2) is 4.98 Å². The minimum atomic E-state index is -0.235. The maximum absolute atomic E-state index is 11.6. The van der Waals surface area contributed by atoms with Crippen molar-refractivity contribution in [2.75, 3.05) is 7.11 Å². The number of aromatic nitrogens is 1. The third kappa shape index (κ3) is 4.44. The second-order valence-electron chi connectivity index (χ2n) is 4.45. The minimum absolute atomic E-state index is 0.194. The van der Waals surface area contributed by atoms with Crippen molar-refractivity contribution in [2.24, 2.45) is 5.92 Å². The van der Waals surface area contributed by atoms with Crippen LogP contribution in [0.5, 0.6) is 0 Å². The highest BCUT2D eigenvalue weighted by Gasteiger charge is 2.20. The van der Waals surface area contributed by atoms with Gasteiger partial charge in [0.15, 0.2) is 0 Å². The van der Waals surface area contributed by atoms with E-state index in [1.165, 1.54) is 12.0 Å². The molecule has 0 aromatic carbocycles. The first kappa shape index (κ1) is 14.1. The standard InChI is InChI=1S/C12H20N2O2S/c1-8(2)5-10(12(15)16-4)13-6-11-9(3)14-7-17-11/h7-8,10,13H,5-6H2,1-4H3. The molecule has 1 aromatic rings. The van der Waals surface area contributed by atoms with Gasteiger partial charge in [-0.3, -0.25) is 10.1 Å². The summed E-state index contributed by atoms with van der Waals surface area (Å²) in [6.45, 7) is 6.83. The Labute approximate surface area is 106 Å². The normalized spacial score (nSPS) is 12.8. The quantitative estimate of drug-likeness (QED) is 0.792. The van der Waals surface area contributed by atoms with Gasteiger partial charge < -0.3 is 4.74 Å². The maximum atomic E-state index is 11.6. The van der Waals surface area contributed by atoms with Gasteiger partial charge in [0.05, 0.1) is 18.3 Å².